The van der Waals surface area contributed by atoms with Crippen molar-refractivity contribution in [2.45, 2.75) is 65.2 Å². The fraction of sp³-hybridized carbons (Fsp3) is 0.625. The Bertz CT molecular complexity index is 360. The van der Waals surface area contributed by atoms with E-state index in [1.54, 1.807) is 0 Å². The normalized spacial score (nSPS) is 13.7. The molecule has 1 rings (SSSR count). The molecular formula is C16H26O. The number of phenolic OH excluding ortho intramolecular Hbond substituents is 1. The molecule has 17 heavy (non-hydrogen) atoms. The first-order valence-electron chi connectivity index (χ1n) is 6.69. The number of phenols is 1. The second-order valence-electron chi connectivity index (χ2n) is 6.07. The van der Waals surface area contributed by atoms with Gasteiger partial charge in [-0.3, -0.25) is 0 Å². The van der Waals surface area contributed by atoms with Gasteiger partial charge in [-0.05, 0) is 34.9 Å². The highest BCUT2D eigenvalue weighted by Gasteiger charge is 2.17. The molecule has 0 bridgehead atoms. The third-order valence-corrected chi connectivity index (χ3v) is 3.42. The Kier molecular flexibility index (Phi) is 4.62. The minimum Gasteiger partial charge on any atom is -0.508 e. The van der Waals surface area contributed by atoms with Crippen molar-refractivity contribution in [1.82, 2.24) is 0 Å². The monoisotopic (exact) mass is 234 g/mol. The molecule has 0 aliphatic heterocycles. The van der Waals surface area contributed by atoms with E-state index in [-0.39, 0.29) is 5.41 Å². The molecule has 0 saturated heterocycles. The first-order chi connectivity index (χ1) is 7.86. The van der Waals surface area contributed by atoms with Crippen LogP contribution in [0.2, 0.25) is 0 Å². The number of hydrogen-bond donors (Lipinski definition) is 1. The van der Waals surface area contributed by atoms with E-state index in [1.165, 1.54) is 18.4 Å². The van der Waals surface area contributed by atoms with Crippen molar-refractivity contribution in [1.29, 1.82) is 0 Å². The fourth-order valence-electron chi connectivity index (χ4n) is 2.08. The number of rotatable bonds is 4. The molecule has 0 aliphatic rings. The molecule has 0 fully saturated rings. The van der Waals surface area contributed by atoms with Gasteiger partial charge in [0.05, 0.1) is 0 Å². The zero-order chi connectivity index (χ0) is 13.1. The van der Waals surface area contributed by atoms with Gasteiger partial charge in [-0.1, -0.05) is 59.6 Å². The van der Waals surface area contributed by atoms with Crippen LogP contribution in [0.25, 0.3) is 0 Å². The Morgan fingerprint density at radius 1 is 1.24 bits per heavy atom. The van der Waals surface area contributed by atoms with Crippen LogP contribution in [0.3, 0.4) is 0 Å². The molecule has 0 radical (unpaired) electrons. The second kappa shape index (κ2) is 5.57. The maximum Gasteiger partial charge on any atom is 0.119 e. The third-order valence-electron chi connectivity index (χ3n) is 3.42. The Morgan fingerprint density at radius 2 is 1.88 bits per heavy atom. The maximum atomic E-state index is 9.97. The Balaban J connectivity index is 2.98. The molecule has 1 nitrogen and oxygen atoms in total. The minimum absolute atomic E-state index is 0.146. The molecule has 0 spiro atoms. The standard InChI is InChI=1S/C16H26O/c1-6-7-8-12(2)14-11-13(16(3,4)5)9-10-15(14)17/h9-12,17H,6-8H2,1-5H3. The van der Waals surface area contributed by atoms with E-state index >= 15 is 0 Å². The fourth-order valence-corrected chi connectivity index (χ4v) is 2.08. The predicted octanol–water partition coefficient (Wildman–Crippen LogP) is 4.98. The van der Waals surface area contributed by atoms with Gasteiger partial charge in [0.25, 0.3) is 0 Å². The summed E-state index contributed by atoms with van der Waals surface area (Å²) in [7, 11) is 0. The highest BCUT2D eigenvalue weighted by Crippen LogP contribution is 2.33. The maximum absolute atomic E-state index is 9.97. The van der Waals surface area contributed by atoms with Crippen molar-refractivity contribution in [3.05, 3.63) is 29.3 Å². The lowest BCUT2D eigenvalue weighted by atomic mass is 9.83. The van der Waals surface area contributed by atoms with Gasteiger partial charge in [-0.25, -0.2) is 0 Å². The average Bonchev–Trinajstić information content (AvgIpc) is 2.24. The van der Waals surface area contributed by atoms with Crippen molar-refractivity contribution >= 4 is 0 Å². The van der Waals surface area contributed by atoms with E-state index in [2.05, 4.69) is 40.7 Å². The summed E-state index contributed by atoms with van der Waals surface area (Å²) >= 11 is 0. The molecule has 0 aromatic heterocycles. The smallest absolute Gasteiger partial charge is 0.119 e. The van der Waals surface area contributed by atoms with E-state index in [1.807, 2.05) is 12.1 Å². The molecule has 0 saturated carbocycles. The van der Waals surface area contributed by atoms with Gasteiger partial charge in [-0.2, -0.15) is 0 Å². The number of hydrogen-bond acceptors (Lipinski definition) is 1. The van der Waals surface area contributed by atoms with Gasteiger partial charge in [0, 0.05) is 0 Å². The van der Waals surface area contributed by atoms with Crippen molar-refractivity contribution in [3.8, 4) is 5.75 Å². The van der Waals surface area contributed by atoms with Crippen LogP contribution in [-0.2, 0) is 5.41 Å². The quantitative estimate of drug-likeness (QED) is 0.778. The van der Waals surface area contributed by atoms with Crippen molar-refractivity contribution < 1.29 is 5.11 Å². The summed E-state index contributed by atoms with van der Waals surface area (Å²) in [5.74, 6) is 0.888. The van der Waals surface area contributed by atoms with Crippen LogP contribution in [-0.4, -0.2) is 5.11 Å². The molecule has 1 heteroatoms. The molecule has 0 aliphatic carbocycles. The first-order valence-corrected chi connectivity index (χ1v) is 6.69. The largest absolute Gasteiger partial charge is 0.508 e. The van der Waals surface area contributed by atoms with Crippen LogP contribution in [0.4, 0.5) is 0 Å². The molecule has 96 valence electrons. The number of benzene rings is 1. The van der Waals surface area contributed by atoms with E-state index in [0.29, 0.717) is 11.7 Å². The van der Waals surface area contributed by atoms with Crippen LogP contribution in [0.15, 0.2) is 18.2 Å². The lowest BCUT2D eigenvalue weighted by molar-refractivity contribution is 0.457. The molecule has 1 aromatic carbocycles. The third kappa shape index (κ3) is 3.76. The summed E-state index contributed by atoms with van der Waals surface area (Å²) in [6, 6.07) is 6.05. The zero-order valence-electron chi connectivity index (χ0n) is 11.9. The summed E-state index contributed by atoms with van der Waals surface area (Å²) in [6.45, 7) is 11.0. The molecule has 0 amide bonds. The van der Waals surface area contributed by atoms with Gasteiger partial charge in [-0.15, -0.1) is 0 Å². The van der Waals surface area contributed by atoms with Crippen molar-refractivity contribution in [2.75, 3.05) is 0 Å². The SMILES string of the molecule is CCCCC(C)c1cc(C(C)(C)C)ccc1O. The summed E-state index contributed by atoms with van der Waals surface area (Å²) in [4.78, 5) is 0. The molecule has 1 N–H and O–H groups in total. The van der Waals surface area contributed by atoms with Gasteiger partial charge >= 0.3 is 0 Å². The first kappa shape index (κ1) is 14.1. The number of aromatic hydroxyl groups is 1. The van der Waals surface area contributed by atoms with Crippen LogP contribution in [0.5, 0.6) is 5.75 Å². The zero-order valence-corrected chi connectivity index (χ0v) is 11.9. The Hall–Kier alpha value is -0.980. The summed E-state index contributed by atoms with van der Waals surface area (Å²) in [5.41, 5.74) is 2.55. The van der Waals surface area contributed by atoms with E-state index in [9.17, 15) is 5.11 Å². The highest BCUT2D eigenvalue weighted by molar-refractivity contribution is 5.40. The average molecular weight is 234 g/mol. The lowest BCUT2D eigenvalue weighted by Crippen LogP contribution is -2.11. The summed E-state index contributed by atoms with van der Waals surface area (Å²) in [6.07, 6.45) is 3.59. The predicted molar refractivity (Wildman–Crippen MR) is 74.7 cm³/mol. The van der Waals surface area contributed by atoms with Gasteiger partial charge in [0.15, 0.2) is 0 Å². The van der Waals surface area contributed by atoms with E-state index < -0.39 is 0 Å². The molecular weight excluding hydrogens is 208 g/mol. The minimum atomic E-state index is 0.146. The molecule has 1 unspecified atom stereocenters. The van der Waals surface area contributed by atoms with Crippen molar-refractivity contribution in [2.24, 2.45) is 0 Å². The van der Waals surface area contributed by atoms with Crippen LogP contribution in [0.1, 0.15) is 70.9 Å². The van der Waals surface area contributed by atoms with Gasteiger partial charge in [0.2, 0.25) is 0 Å². The second-order valence-corrected chi connectivity index (χ2v) is 6.07. The van der Waals surface area contributed by atoms with Crippen molar-refractivity contribution in [3.63, 3.8) is 0 Å². The van der Waals surface area contributed by atoms with Gasteiger partial charge < -0.3 is 5.11 Å². The van der Waals surface area contributed by atoms with E-state index in [0.717, 1.165) is 12.0 Å². The molecule has 1 atom stereocenters. The highest BCUT2D eigenvalue weighted by atomic mass is 16.3. The van der Waals surface area contributed by atoms with Crippen LogP contribution < -0.4 is 0 Å². The van der Waals surface area contributed by atoms with Crippen LogP contribution in [0, 0.1) is 0 Å². The summed E-state index contributed by atoms with van der Waals surface area (Å²) in [5, 5.41) is 9.97. The van der Waals surface area contributed by atoms with Crippen LogP contribution >= 0.6 is 0 Å². The Morgan fingerprint density at radius 3 is 2.41 bits per heavy atom. The van der Waals surface area contributed by atoms with Gasteiger partial charge in [0.1, 0.15) is 5.75 Å². The molecule has 0 heterocycles. The Labute approximate surface area is 106 Å². The topological polar surface area (TPSA) is 20.2 Å². The lowest BCUT2D eigenvalue weighted by Gasteiger charge is -2.22. The number of unbranched alkanes of at least 4 members (excludes halogenated alkanes) is 1. The summed E-state index contributed by atoms with van der Waals surface area (Å²) < 4.78 is 0. The molecule has 1 aromatic rings. The van der Waals surface area contributed by atoms with E-state index in [4.69, 9.17) is 0 Å².